The van der Waals surface area contributed by atoms with Crippen LogP contribution in [0, 0.1) is 18.8 Å². The molecule has 1 saturated carbocycles. The third kappa shape index (κ3) is 4.22. The smallest absolute Gasteiger partial charge is 0.309 e. The van der Waals surface area contributed by atoms with Crippen LogP contribution in [-0.2, 0) is 11.3 Å². The number of hydrogen-bond acceptors (Lipinski definition) is 4. The first kappa shape index (κ1) is 16.2. The fourth-order valence-electron chi connectivity index (χ4n) is 3.49. The van der Waals surface area contributed by atoms with E-state index in [1.807, 2.05) is 19.1 Å². The van der Waals surface area contributed by atoms with Crippen LogP contribution in [0.4, 0.5) is 0 Å². The monoisotopic (exact) mass is 318 g/mol. The summed E-state index contributed by atoms with van der Waals surface area (Å²) in [5, 5.41) is 8.91. The number of pyridine rings is 1. The maximum Gasteiger partial charge on any atom is 0.309 e. The van der Waals surface area contributed by atoms with Crippen LogP contribution in [-0.4, -0.2) is 40.7 Å². The van der Waals surface area contributed by atoms with E-state index in [0.29, 0.717) is 25.6 Å². The maximum absolute atomic E-state index is 10.8. The van der Waals surface area contributed by atoms with Gasteiger partial charge in [-0.05, 0) is 37.8 Å². The topological polar surface area (TPSA) is 62.7 Å². The van der Waals surface area contributed by atoms with Crippen LogP contribution < -0.4 is 4.74 Å². The van der Waals surface area contributed by atoms with E-state index >= 15 is 0 Å². The first-order valence-corrected chi connectivity index (χ1v) is 8.66. The second-order valence-corrected chi connectivity index (χ2v) is 6.93. The average Bonchev–Trinajstić information content (AvgIpc) is 2.50. The molecule has 1 N–H and O–H groups in total. The SMILES string of the molecule is Cc1nc(CN2CC(C(=O)O)C2)ccc1OCC1CCCCC1. The van der Waals surface area contributed by atoms with Gasteiger partial charge in [-0.3, -0.25) is 14.7 Å². The Bertz CT molecular complexity index is 549. The van der Waals surface area contributed by atoms with Gasteiger partial charge in [-0.25, -0.2) is 0 Å². The lowest BCUT2D eigenvalue weighted by molar-refractivity contribution is -0.147. The van der Waals surface area contributed by atoms with Gasteiger partial charge in [0.25, 0.3) is 0 Å². The van der Waals surface area contributed by atoms with Gasteiger partial charge < -0.3 is 9.84 Å². The molecule has 126 valence electrons. The van der Waals surface area contributed by atoms with Gasteiger partial charge in [-0.2, -0.15) is 0 Å². The van der Waals surface area contributed by atoms with Gasteiger partial charge in [0, 0.05) is 19.6 Å². The largest absolute Gasteiger partial charge is 0.491 e. The third-order valence-corrected chi connectivity index (χ3v) is 4.99. The first-order chi connectivity index (χ1) is 11.1. The van der Waals surface area contributed by atoms with E-state index in [1.54, 1.807) is 0 Å². The summed E-state index contributed by atoms with van der Waals surface area (Å²) in [6.45, 7) is 4.74. The zero-order valence-corrected chi connectivity index (χ0v) is 13.8. The van der Waals surface area contributed by atoms with Gasteiger partial charge in [-0.15, -0.1) is 0 Å². The Hall–Kier alpha value is -1.62. The van der Waals surface area contributed by atoms with Crippen molar-refractivity contribution < 1.29 is 14.6 Å². The van der Waals surface area contributed by atoms with Crippen molar-refractivity contribution in [2.75, 3.05) is 19.7 Å². The molecule has 0 unspecified atom stereocenters. The van der Waals surface area contributed by atoms with Gasteiger partial charge in [-0.1, -0.05) is 19.3 Å². The van der Waals surface area contributed by atoms with Crippen LogP contribution in [0.2, 0.25) is 0 Å². The van der Waals surface area contributed by atoms with Gasteiger partial charge in [0.1, 0.15) is 5.75 Å². The molecule has 5 heteroatoms. The molecule has 23 heavy (non-hydrogen) atoms. The molecule has 1 aromatic heterocycles. The van der Waals surface area contributed by atoms with Gasteiger partial charge in [0.05, 0.1) is 23.9 Å². The molecule has 2 aliphatic rings. The highest BCUT2D eigenvalue weighted by Gasteiger charge is 2.32. The Balaban J connectivity index is 1.48. The summed E-state index contributed by atoms with van der Waals surface area (Å²) >= 11 is 0. The molecule has 0 radical (unpaired) electrons. The zero-order valence-electron chi connectivity index (χ0n) is 13.8. The van der Waals surface area contributed by atoms with Gasteiger partial charge >= 0.3 is 5.97 Å². The molecule has 0 bridgehead atoms. The van der Waals surface area contributed by atoms with E-state index in [9.17, 15) is 4.79 Å². The number of carboxylic acid groups (broad SMARTS) is 1. The highest BCUT2D eigenvalue weighted by Crippen LogP contribution is 2.26. The lowest BCUT2D eigenvalue weighted by Crippen LogP contribution is -2.49. The molecule has 1 aliphatic carbocycles. The number of carboxylic acids is 1. The summed E-state index contributed by atoms with van der Waals surface area (Å²) < 4.78 is 5.97. The molecule has 0 atom stereocenters. The minimum absolute atomic E-state index is 0.214. The Morgan fingerprint density at radius 1 is 1.30 bits per heavy atom. The summed E-state index contributed by atoms with van der Waals surface area (Å²) in [4.78, 5) is 17.6. The number of carbonyl (C=O) groups is 1. The van der Waals surface area contributed by atoms with Crippen LogP contribution in [0.25, 0.3) is 0 Å². The van der Waals surface area contributed by atoms with Crippen molar-refractivity contribution in [3.05, 3.63) is 23.5 Å². The summed E-state index contributed by atoms with van der Waals surface area (Å²) in [5.74, 6) is 0.661. The molecule has 1 aliphatic heterocycles. The van der Waals surface area contributed by atoms with Crippen LogP contribution in [0.5, 0.6) is 5.75 Å². The van der Waals surface area contributed by atoms with Crippen molar-refractivity contribution >= 4 is 5.97 Å². The number of aliphatic carboxylic acids is 1. The van der Waals surface area contributed by atoms with Gasteiger partial charge in [0.2, 0.25) is 0 Å². The van der Waals surface area contributed by atoms with Crippen molar-refractivity contribution in [1.29, 1.82) is 0 Å². The molecule has 0 spiro atoms. The molecule has 2 fully saturated rings. The van der Waals surface area contributed by atoms with E-state index in [2.05, 4.69) is 9.88 Å². The van der Waals surface area contributed by atoms with Crippen molar-refractivity contribution in [3.8, 4) is 5.75 Å². The molecule has 5 nitrogen and oxygen atoms in total. The normalized spacial score (nSPS) is 20.2. The second-order valence-electron chi connectivity index (χ2n) is 6.93. The lowest BCUT2D eigenvalue weighted by atomic mass is 9.90. The highest BCUT2D eigenvalue weighted by atomic mass is 16.5. The lowest BCUT2D eigenvalue weighted by Gasteiger charge is -2.36. The van der Waals surface area contributed by atoms with E-state index in [0.717, 1.165) is 23.7 Å². The summed E-state index contributed by atoms with van der Waals surface area (Å²) in [6, 6.07) is 4.01. The van der Waals surface area contributed by atoms with Crippen LogP contribution in [0.1, 0.15) is 43.5 Å². The number of nitrogens with zero attached hydrogens (tertiary/aromatic N) is 2. The number of rotatable bonds is 6. The minimum atomic E-state index is -0.697. The maximum atomic E-state index is 10.8. The fraction of sp³-hybridized carbons (Fsp3) is 0.667. The molecule has 0 amide bonds. The Morgan fingerprint density at radius 3 is 2.70 bits per heavy atom. The molecule has 3 rings (SSSR count). The number of likely N-dealkylation sites (tertiary alicyclic amines) is 1. The zero-order chi connectivity index (χ0) is 16.2. The van der Waals surface area contributed by atoms with Crippen molar-refractivity contribution in [1.82, 2.24) is 9.88 Å². The quantitative estimate of drug-likeness (QED) is 0.874. The van der Waals surface area contributed by atoms with E-state index in [4.69, 9.17) is 9.84 Å². The van der Waals surface area contributed by atoms with E-state index in [-0.39, 0.29) is 5.92 Å². The predicted molar refractivity (Wildman–Crippen MR) is 87.4 cm³/mol. The second kappa shape index (κ2) is 7.30. The van der Waals surface area contributed by atoms with Crippen LogP contribution in [0.15, 0.2) is 12.1 Å². The number of aryl methyl sites for hydroxylation is 1. The van der Waals surface area contributed by atoms with Crippen LogP contribution in [0.3, 0.4) is 0 Å². The van der Waals surface area contributed by atoms with Crippen molar-refractivity contribution in [2.24, 2.45) is 11.8 Å². The summed E-state index contributed by atoms with van der Waals surface area (Å²) in [7, 11) is 0. The Morgan fingerprint density at radius 2 is 2.04 bits per heavy atom. The predicted octanol–water partition coefficient (Wildman–Crippen LogP) is 2.87. The molecular weight excluding hydrogens is 292 g/mol. The third-order valence-electron chi connectivity index (χ3n) is 4.99. The highest BCUT2D eigenvalue weighted by molar-refractivity contribution is 5.71. The van der Waals surface area contributed by atoms with E-state index in [1.165, 1.54) is 32.1 Å². The Kier molecular flexibility index (Phi) is 5.16. The Labute approximate surface area is 137 Å². The average molecular weight is 318 g/mol. The van der Waals surface area contributed by atoms with Crippen LogP contribution >= 0.6 is 0 Å². The molecule has 2 heterocycles. The number of aromatic nitrogens is 1. The summed E-state index contributed by atoms with van der Waals surface area (Å²) in [5.41, 5.74) is 1.91. The number of ether oxygens (including phenoxy) is 1. The number of hydrogen-bond donors (Lipinski definition) is 1. The molecule has 0 aromatic carbocycles. The van der Waals surface area contributed by atoms with E-state index < -0.39 is 5.97 Å². The first-order valence-electron chi connectivity index (χ1n) is 8.66. The standard InChI is InChI=1S/C18H26N2O3/c1-13-17(23-12-14-5-3-2-4-6-14)8-7-16(19-13)11-20-9-15(10-20)18(21)22/h7-8,14-15H,2-6,9-12H2,1H3,(H,21,22). The van der Waals surface area contributed by atoms with Crippen molar-refractivity contribution in [3.63, 3.8) is 0 Å². The molecule has 1 saturated heterocycles. The molecule has 1 aromatic rings. The fourth-order valence-corrected chi connectivity index (χ4v) is 3.49. The summed E-state index contributed by atoms with van der Waals surface area (Å²) in [6.07, 6.45) is 6.59. The molecular formula is C18H26N2O3. The minimum Gasteiger partial charge on any atom is -0.491 e. The van der Waals surface area contributed by atoms with Gasteiger partial charge in [0.15, 0.2) is 0 Å². The van der Waals surface area contributed by atoms with Crippen molar-refractivity contribution in [2.45, 2.75) is 45.6 Å².